The smallest absolute Gasteiger partial charge is 0.158 e. The van der Waals surface area contributed by atoms with Crippen molar-refractivity contribution < 1.29 is 34.4 Å². The molecule has 6 aromatic rings. The number of ketones is 1. The summed E-state index contributed by atoms with van der Waals surface area (Å²) in [5, 5.41) is 13.7. The number of furan rings is 1. The Morgan fingerprint density at radius 2 is 1.52 bits per heavy atom. The Bertz CT molecular complexity index is 2160. The Morgan fingerprint density at radius 3 is 2.12 bits per heavy atom. The van der Waals surface area contributed by atoms with Crippen LogP contribution in [0.4, 0.5) is 0 Å². The van der Waals surface area contributed by atoms with Gasteiger partial charge in [0.1, 0.15) is 5.58 Å². The van der Waals surface area contributed by atoms with Crippen molar-refractivity contribution in [2.45, 2.75) is 92.8 Å². The van der Waals surface area contributed by atoms with Gasteiger partial charge in [0.15, 0.2) is 5.78 Å². The summed E-state index contributed by atoms with van der Waals surface area (Å²) >= 11 is 0. The molecule has 0 atom stereocenters. The van der Waals surface area contributed by atoms with Crippen LogP contribution in [-0.4, -0.2) is 23.9 Å². The molecule has 0 fully saturated rings. The number of aliphatic hydroxyl groups excluding tert-OH is 1. The number of hydrogen-bond acceptors (Lipinski definition) is 4. The SMILES string of the molecule is CCC(=O)/C=C(\O)CC.Cc1[c-]c(-c2cc(-c3c(C(C)C)cccc3C(C)C)c3cc([Si](C)(C)C)ccc3n2)c2oc3ccccc3c2c1.[Ir]. The number of fused-ring (bicyclic) bond motifs is 4. The Morgan fingerprint density at radius 1 is 0.860 bits per heavy atom. The second kappa shape index (κ2) is 16.0. The molecule has 0 aliphatic heterocycles. The zero-order chi connectivity index (χ0) is 35.6. The predicted octanol–water partition coefficient (Wildman–Crippen LogP) is 12.2. The normalized spacial score (nSPS) is 12.0. The van der Waals surface area contributed by atoms with Crippen LogP contribution in [0.25, 0.3) is 55.2 Å². The zero-order valence-electron chi connectivity index (χ0n) is 31.1. The molecule has 0 bridgehead atoms. The van der Waals surface area contributed by atoms with Crippen molar-refractivity contribution >= 4 is 51.9 Å². The van der Waals surface area contributed by atoms with Crippen molar-refractivity contribution in [3.63, 3.8) is 0 Å². The first-order valence-corrected chi connectivity index (χ1v) is 21.1. The molecule has 4 aromatic carbocycles. The number of rotatable bonds is 8. The van der Waals surface area contributed by atoms with Crippen molar-refractivity contribution in [3.8, 4) is 22.4 Å². The molecule has 0 saturated heterocycles. The Kier molecular flexibility index (Phi) is 12.5. The topological polar surface area (TPSA) is 63.3 Å². The monoisotopic (exact) mass is 861 g/mol. The molecule has 0 saturated carbocycles. The van der Waals surface area contributed by atoms with E-state index in [0.717, 1.165) is 44.3 Å². The fourth-order valence-electron chi connectivity index (χ4n) is 6.36. The maximum absolute atomic E-state index is 10.5. The quantitative estimate of drug-likeness (QED) is 0.0717. The van der Waals surface area contributed by atoms with Gasteiger partial charge in [-0.25, -0.2) is 0 Å². The molecule has 50 heavy (non-hydrogen) atoms. The van der Waals surface area contributed by atoms with Gasteiger partial charge in [-0.3, -0.25) is 9.78 Å². The van der Waals surface area contributed by atoms with Crippen LogP contribution < -0.4 is 5.19 Å². The average Bonchev–Trinajstić information content (AvgIpc) is 3.44. The van der Waals surface area contributed by atoms with Gasteiger partial charge in [0.2, 0.25) is 0 Å². The number of nitrogens with zero attached hydrogens (tertiary/aromatic N) is 1. The Labute approximate surface area is 312 Å². The summed E-state index contributed by atoms with van der Waals surface area (Å²) in [5.74, 6) is 0.942. The summed E-state index contributed by atoms with van der Waals surface area (Å²) in [7, 11) is -1.53. The minimum absolute atomic E-state index is 0. The summed E-state index contributed by atoms with van der Waals surface area (Å²) in [6.07, 6.45) is 2.27. The summed E-state index contributed by atoms with van der Waals surface area (Å²) < 4.78 is 6.47. The molecule has 1 radical (unpaired) electrons. The van der Waals surface area contributed by atoms with Gasteiger partial charge in [-0.2, -0.15) is 0 Å². The number of carbonyl (C=O) groups is 1. The second-order valence-electron chi connectivity index (χ2n) is 14.6. The number of aromatic nitrogens is 1. The van der Waals surface area contributed by atoms with Crippen molar-refractivity contribution in [1.82, 2.24) is 4.98 Å². The minimum Gasteiger partial charge on any atom is -0.512 e. The molecule has 4 nitrogen and oxygen atoms in total. The third-order valence-electron chi connectivity index (χ3n) is 9.16. The molecule has 0 aliphatic carbocycles. The van der Waals surface area contributed by atoms with Gasteiger partial charge < -0.3 is 9.52 Å². The number of allylic oxidation sites excluding steroid dienone is 2. The first-order valence-electron chi connectivity index (χ1n) is 17.6. The molecule has 0 unspecified atom stereocenters. The van der Waals surface area contributed by atoms with Crippen LogP contribution in [0.5, 0.6) is 0 Å². The Hall–Kier alpha value is -3.83. The first-order chi connectivity index (χ1) is 23.2. The van der Waals surface area contributed by atoms with Crippen molar-refractivity contribution in [2.24, 2.45) is 0 Å². The van der Waals surface area contributed by atoms with Gasteiger partial charge in [-0.15, -0.1) is 17.7 Å². The molecular weight excluding hydrogens is 811 g/mol. The van der Waals surface area contributed by atoms with E-state index in [1.54, 1.807) is 13.8 Å². The number of benzene rings is 4. The molecule has 2 heterocycles. The van der Waals surface area contributed by atoms with E-state index >= 15 is 0 Å². The van der Waals surface area contributed by atoms with Crippen LogP contribution in [0.2, 0.25) is 19.6 Å². The molecule has 263 valence electrons. The summed E-state index contributed by atoms with van der Waals surface area (Å²) in [5.41, 5.74) is 11.0. The van der Waals surface area contributed by atoms with E-state index in [4.69, 9.17) is 14.5 Å². The van der Waals surface area contributed by atoms with Crippen LogP contribution >= 0.6 is 0 Å². The third kappa shape index (κ3) is 8.20. The molecule has 6 heteroatoms. The van der Waals surface area contributed by atoms with E-state index in [0.29, 0.717) is 24.7 Å². The fourth-order valence-corrected chi connectivity index (χ4v) is 7.52. The number of pyridine rings is 1. The van der Waals surface area contributed by atoms with Crippen LogP contribution in [0.1, 0.15) is 82.9 Å². The van der Waals surface area contributed by atoms with Crippen LogP contribution in [0, 0.1) is 13.0 Å². The van der Waals surface area contributed by atoms with E-state index in [-0.39, 0.29) is 31.6 Å². The third-order valence-corrected chi connectivity index (χ3v) is 11.2. The van der Waals surface area contributed by atoms with Gasteiger partial charge in [0.25, 0.3) is 0 Å². The molecule has 6 rings (SSSR count). The van der Waals surface area contributed by atoms with E-state index in [1.165, 1.54) is 38.9 Å². The molecular formula is C44H50IrNO3Si-. The second-order valence-corrected chi connectivity index (χ2v) is 19.7. The van der Waals surface area contributed by atoms with Gasteiger partial charge in [0, 0.05) is 49.8 Å². The van der Waals surface area contributed by atoms with Gasteiger partial charge in [-0.1, -0.05) is 139 Å². The van der Waals surface area contributed by atoms with E-state index in [2.05, 4.69) is 121 Å². The number of aliphatic hydroxyl groups is 1. The summed E-state index contributed by atoms with van der Waals surface area (Å²) in [6.45, 7) is 22.1. The Balaban J connectivity index is 0.000000498. The van der Waals surface area contributed by atoms with E-state index in [9.17, 15) is 4.79 Å². The largest absolute Gasteiger partial charge is 0.512 e. The van der Waals surface area contributed by atoms with Crippen molar-refractivity contribution in [2.75, 3.05) is 0 Å². The minimum atomic E-state index is -1.53. The van der Waals surface area contributed by atoms with Crippen LogP contribution in [0.3, 0.4) is 0 Å². The van der Waals surface area contributed by atoms with E-state index < -0.39 is 8.07 Å². The summed E-state index contributed by atoms with van der Waals surface area (Å²) in [6, 6.07) is 30.2. The zero-order valence-corrected chi connectivity index (χ0v) is 34.5. The number of para-hydroxylation sites is 1. The maximum Gasteiger partial charge on any atom is 0.158 e. The molecule has 2 aromatic heterocycles. The molecule has 1 N–H and O–H groups in total. The van der Waals surface area contributed by atoms with Crippen LogP contribution in [-0.2, 0) is 24.9 Å². The fraction of sp³-hybridized carbons (Fsp3) is 0.318. The van der Waals surface area contributed by atoms with Crippen LogP contribution in [0.15, 0.2) is 89.0 Å². The maximum atomic E-state index is 10.5. The molecule has 0 spiro atoms. The number of carbonyl (C=O) groups excluding carboxylic acids is 1. The van der Waals surface area contributed by atoms with Crippen molar-refractivity contribution in [1.29, 1.82) is 0 Å². The van der Waals surface area contributed by atoms with Gasteiger partial charge in [-0.05, 0) is 51.9 Å². The number of aryl methyl sites for hydroxylation is 1. The molecule has 0 aliphatic rings. The van der Waals surface area contributed by atoms with Gasteiger partial charge >= 0.3 is 0 Å². The van der Waals surface area contributed by atoms with E-state index in [1.807, 2.05) is 12.1 Å². The molecule has 0 amide bonds. The van der Waals surface area contributed by atoms with Crippen molar-refractivity contribution in [3.05, 3.63) is 107 Å². The summed E-state index contributed by atoms with van der Waals surface area (Å²) in [4.78, 5) is 15.8. The first kappa shape index (κ1) is 39.0. The predicted molar refractivity (Wildman–Crippen MR) is 211 cm³/mol. The average molecular weight is 861 g/mol. The number of hydrogen-bond donors (Lipinski definition) is 1. The standard InChI is InChI=1S/C37H38NOSi.C7H12O2.Ir/c1-22(2)26-13-11-14-27(23(3)4)36(26)30-21-34(38-33-17-16-25(20-29(30)33)40(6,7)8)32-19-24(5)18-31-28-12-9-10-15-35(28)39-37(31)32;1-3-6(8)5-7(9)4-2;/h9-18,20-23H,1-8H3;5,8H,3-4H2,1-2H3;/q-1;;/b;6-5-;. The van der Waals surface area contributed by atoms with Gasteiger partial charge in [0.05, 0.1) is 24.9 Å².